The molecule has 1 atom stereocenters. The second kappa shape index (κ2) is 6.26. The summed E-state index contributed by atoms with van der Waals surface area (Å²) in [5.74, 6) is 1.59. The van der Waals surface area contributed by atoms with E-state index < -0.39 is 0 Å². The van der Waals surface area contributed by atoms with Crippen molar-refractivity contribution in [2.24, 2.45) is 5.92 Å². The summed E-state index contributed by atoms with van der Waals surface area (Å²) in [7, 11) is 0. The van der Waals surface area contributed by atoms with Gasteiger partial charge in [-0.25, -0.2) is 19.3 Å². The number of aromatic nitrogens is 4. The van der Waals surface area contributed by atoms with Gasteiger partial charge in [0.05, 0.1) is 17.1 Å². The molecule has 8 heteroatoms. The molecule has 0 unspecified atom stereocenters. The van der Waals surface area contributed by atoms with Crippen LogP contribution in [0.25, 0.3) is 11.0 Å². The number of halogens is 1. The van der Waals surface area contributed by atoms with E-state index in [9.17, 15) is 9.65 Å². The van der Waals surface area contributed by atoms with Crippen LogP contribution in [0.4, 0.5) is 16.0 Å². The smallest absolute Gasteiger partial charge is 0.150 e. The van der Waals surface area contributed by atoms with E-state index in [4.69, 9.17) is 5.73 Å². The quantitative estimate of drug-likeness (QED) is 0.732. The van der Waals surface area contributed by atoms with Crippen LogP contribution in [-0.4, -0.2) is 19.5 Å². The lowest BCUT2D eigenvalue weighted by atomic mass is 10.2. The van der Waals surface area contributed by atoms with Gasteiger partial charge in [-0.05, 0) is 43.9 Å². The Morgan fingerprint density at radius 3 is 2.96 bits per heavy atom. The van der Waals surface area contributed by atoms with Gasteiger partial charge in [0, 0.05) is 6.54 Å². The minimum absolute atomic E-state index is 0.130. The lowest BCUT2D eigenvalue weighted by molar-refractivity contribution is 0.589. The highest BCUT2D eigenvalue weighted by Gasteiger charge is 2.26. The van der Waals surface area contributed by atoms with E-state index in [1.807, 2.05) is 13.0 Å². The fourth-order valence-electron chi connectivity index (χ4n) is 3.08. The van der Waals surface area contributed by atoms with Crippen LogP contribution in [0, 0.1) is 23.1 Å². The third-order valence-electron chi connectivity index (χ3n) is 4.61. The number of hydrogen-bond acceptors (Lipinski definition) is 6. The number of nitrogens with zero attached hydrogens (tertiary/aromatic N) is 5. The molecule has 2 aromatic heterocycles. The lowest BCUT2D eigenvalue weighted by Gasteiger charge is -2.17. The molecule has 4 rings (SSSR count). The predicted molar refractivity (Wildman–Crippen MR) is 95.6 cm³/mol. The number of fused-ring (bicyclic) bond motifs is 1. The molecule has 26 heavy (non-hydrogen) atoms. The van der Waals surface area contributed by atoms with E-state index in [0.29, 0.717) is 11.7 Å². The number of nitriles is 1. The maximum Gasteiger partial charge on any atom is 0.150 e. The largest absolute Gasteiger partial charge is 0.382 e. The van der Waals surface area contributed by atoms with Crippen LogP contribution in [0.3, 0.4) is 0 Å². The third kappa shape index (κ3) is 2.92. The third-order valence-corrected chi connectivity index (χ3v) is 4.61. The molecule has 2 heterocycles. The molecule has 1 aliphatic rings. The molecule has 0 amide bonds. The number of benzene rings is 1. The van der Waals surface area contributed by atoms with Crippen LogP contribution < -0.4 is 11.1 Å². The zero-order chi connectivity index (χ0) is 18.3. The number of hydrogen-bond donors (Lipinski definition) is 2. The fraction of sp³-hybridized carbons (Fsp3) is 0.333. The Morgan fingerprint density at radius 2 is 2.23 bits per heavy atom. The summed E-state index contributed by atoms with van der Waals surface area (Å²) in [6, 6.07) is 6.40. The molecule has 1 aliphatic carbocycles. The number of imidazole rings is 1. The average molecular weight is 351 g/mol. The molecule has 0 saturated heterocycles. The summed E-state index contributed by atoms with van der Waals surface area (Å²) in [6.45, 7) is 2.73. The molecular weight excluding hydrogens is 333 g/mol. The molecule has 132 valence electrons. The van der Waals surface area contributed by atoms with E-state index in [2.05, 4.69) is 24.8 Å². The van der Waals surface area contributed by atoms with Gasteiger partial charge in [-0.15, -0.1) is 0 Å². The SMILES string of the molecule is C[C@H](Nc1ncnc(N)c1C#N)c1nc2ccc(F)cc2n1CC1CC1. The van der Waals surface area contributed by atoms with Gasteiger partial charge in [-0.1, -0.05) is 0 Å². The normalized spacial score (nSPS) is 15.0. The van der Waals surface area contributed by atoms with Gasteiger partial charge in [-0.2, -0.15) is 5.26 Å². The van der Waals surface area contributed by atoms with Crippen LogP contribution in [0.1, 0.15) is 37.2 Å². The summed E-state index contributed by atoms with van der Waals surface area (Å²) < 4.78 is 15.8. The monoisotopic (exact) mass is 351 g/mol. The predicted octanol–water partition coefficient (Wildman–Crippen LogP) is 3.00. The molecule has 0 spiro atoms. The van der Waals surface area contributed by atoms with E-state index in [0.717, 1.165) is 23.4 Å². The van der Waals surface area contributed by atoms with Crippen molar-refractivity contribution in [2.45, 2.75) is 32.4 Å². The Bertz CT molecular complexity index is 1020. The summed E-state index contributed by atoms with van der Waals surface area (Å²) in [4.78, 5) is 12.7. The lowest BCUT2D eigenvalue weighted by Crippen LogP contribution is -2.16. The number of nitrogen functional groups attached to an aromatic ring is 1. The first kappa shape index (κ1) is 16.3. The van der Waals surface area contributed by atoms with E-state index in [1.54, 1.807) is 6.07 Å². The summed E-state index contributed by atoms with van der Waals surface area (Å²) in [5, 5.41) is 12.5. The van der Waals surface area contributed by atoms with Crippen molar-refractivity contribution in [2.75, 3.05) is 11.1 Å². The van der Waals surface area contributed by atoms with Gasteiger partial charge in [0.1, 0.15) is 41.2 Å². The zero-order valence-corrected chi connectivity index (χ0v) is 14.3. The minimum atomic E-state index is -0.281. The van der Waals surface area contributed by atoms with Crippen LogP contribution >= 0.6 is 0 Å². The maximum absolute atomic E-state index is 13.7. The molecule has 3 N–H and O–H groups in total. The molecule has 1 saturated carbocycles. The second-order valence-electron chi connectivity index (χ2n) is 6.62. The molecule has 3 aromatic rings. The highest BCUT2D eigenvalue weighted by Crippen LogP contribution is 2.34. The van der Waals surface area contributed by atoms with Crippen molar-refractivity contribution in [1.82, 2.24) is 19.5 Å². The summed E-state index contributed by atoms with van der Waals surface area (Å²) in [6.07, 6.45) is 3.67. The Kier molecular flexibility index (Phi) is 3.92. The Labute approximate surface area is 149 Å². The molecule has 1 fully saturated rings. The average Bonchev–Trinajstić information content (AvgIpc) is 3.36. The summed E-state index contributed by atoms with van der Waals surface area (Å²) in [5.41, 5.74) is 7.49. The second-order valence-corrected chi connectivity index (χ2v) is 6.62. The van der Waals surface area contributed by atoms with Crippen LogP contribution in [0.5, 0.6) is 0 Å². The molecule has 7 nitrogen and oxygen atoms in total. The van der Waals surface area contributed by atoms with E-state index in [1.165, 1.54) is 31.3 Å². The van der Waals surface area contributed by atoms with Gasteiger partial charge in [0.25, 0.3) is 0 Å². The first-order valence-corrected chi connectivity index (χ1v) is 8.49. The molecule has 1 aromatic carbocycles. The van der Waals surface area contributed by atoms with Crippen molar-refractivity contribution in [3.63, 3.8) is 0 Å². The Balaban J connectivity index is 1.73. The first-order valence-electron chi connectivity index (χ1n) is 8.49. The number of rotatable bonds is 5. The highest BCUT2D eigenvalue weighted by molar-refractivity contribution is 5.76. The molecule has 0 bridgehead atoms. The van der Waals surface area contributed by atoms with E-state index >= 15 is 0 Å². The maximum atomic E-state index is 13.7. The minimum Gasteiger partial charge on any atom is -0.382 e. The van der Waals surface area contributed by atoms with Gasteiger partial charge in [0.15, 0.2) is 0 Å². The van der Waals surface area contributed by atoms with Crippen molar-refractivity contribution < 1.29 is 4.39 Å². The van der Waals surface area contributed by atoms with Gasteiger partial charge in [0.2, 0.25) is 0 Å². The topological polar surface area (TPSA) is 105 Å². The standard InChI is InChI=1S/C18H18FN7/c1-10(24-17-13(7-20)16(21)22-9-23-17)18-25-14-5-4-12(19)6-15(14)26(18)8-11-2-3-11/h4-6,9-11H,2-3,8H2,1H3,(H3,21,22,23,24)/t10-/m0/s1. The number of anilines is 2. The highest BCUT2D eigenvalue weighted by atomic mass is 19.1. The van der Waals surface area contributed by atoms with E-state index in [-0.39, 0.29) is 23.2 Å². The van der Waals surface area contributed by atoms with Crippen molar-refractivity contribution in [3.8, 4) is 6.07 Å². The Morgan fingerprint density at radius 1 is 1.42 bits per heavy atom. The van der Waals surface area contributed by atoms with Crippen LogP contribution in [0.2, 0.25) is 0 Å². The van der Waals surface area contributed by atoms with Crippen molar-refractivity contribution in [3.05, 3.63) is 41.7 Å². The fourth-order valence-corrected chi connectivity index (χ4v) is 3.08. The molecular formula is C18H18FN7. The van der Waals surface area contributed by atoms with Gasteiger partial charge >= 0.3 is 0 Å². The van der Waals surface area contributed by atoms with Crippen molar-refractivity contribution >= 4 is 22.7 Å². The van der Waals surface area contributed by atoms with Gasteiger partial charge in [-0.3, -0.25) is 0 Å². The van der Waals surface area contributed by atoms with Gasteiger partial charge < -0.3 is 15.6 Å². The molecule has 0 radical (unpaired) electrons. The number of nitrogens with one attached hydrogen (secondary N) is 1. The first-order chi connectivity index (χ1) is 12.6. The Hall–Kier alpha value is -3.21. The number of nitrogens with two attached hydrogens (primary N) is 1. The molecule has 0 aliphatic heterocycles. The zero-order valence-electron chi connectivity index (χ0n) is 14.3. The summed E-state index contributed by atoms with van der Waals surface area (Å²) >= 11 is 0. The van der Waals surface area contributed by atoms with Crippen LogP contribution in [-0.2, 0) is 6.54 Å². The van der Waals surface area contributed by atoms with Crippen molar-refractivity contribution in [1.29, 1.82) is 5.26 Å². The van der Waals surface area contributed by atoms with Crippen LogP contribution in [0.15, 0.2) is 24.5 Å².